The lowest BCUT2D eigenvalue weighted by Gasteiger charge is -2.23. The van der Waals surface area contributed by atoms with Gasteiger partial charge in [-0.15, -0.1) is 0 Å². The van der Waals surface area contributed by atoms with Crippen molar-refractivity contribution in [1.29, 1.82) is 0 Å². The van der Waals surface area contributed by atoms with Crippen LogP contribution in [0.15, 0.2) is 18.3 Å². The summed E-state index contributed by atoms with van der Waals surface area (Å²) in [5.41, 5.74) is 1.27. The van der Waals surface area contributed by atoms with Crippen LogP contribution >= 0.6 is 11.6 Å². The first-order chi connectivity index (χ1) is 7.33. The first-order valence-electron chi connectivity index (χ1n) is 5.28. The number of hydrogen-bond acceptors (Lipinski definition) is 3. The van der Waals surface area contributed by atoms with E-state index in [1.807, 2.05) is 12.3 Å². The standard InChI is InChI=1S/C11H13ClN2O/c12-11-2-1-7(4-13-11)9-3-8-5-15-6-10(9)14-8/h1-2,4,8-10,14H,3,5-6H2. The molecule has 0 spiro atoms. The molecule has 3 unspecified atom stereocenters. The van der Waals surface area contributed by atoms with Crippen LogP contribution in [-0.2, 0) is 4.74 Å². The molecule has 3 nitrogen and oxygen atoms in total. The molecule has 1 aromatic rings. The zero-order valence-corrected chi connectivity index (χ0v) is 9.07. The van der Waals surface area contributed by atoms with Crippen molar-refractivity contribution in [3.8, 4) is 0 Å². The van der Waals surface area contributed by atoms with Gasteiger partial charge in [0.2, 0.25) is 0 Å². The third kappa shape index (κ3) is 1.75. The van der Waals surface area contributed by atoms with Gasteiger partial charge in [0.25, 0.3) is 0 Å². The van der Waals surface area contributed by atoms with Gasteiger partial charge in [-0.2, -0.15) is 0 Å². The van der Waals surface area contributed by atoms with Gasteiger partial charge in [-0.1, -0.05) is 17.7 Å². The van der Waals surface area contributed by atoms with Gasteiger partial charge in [-0.3, -0.25) is 0 Å². The molecule has 0 aliphatic carbocycles. The molecule has 4 heteroatoms. The molecule has 3 heterocycles. The lowest BCUT2D eigenvalue weighted by molar-refractivity contribution is 0.0711. The molecule has 1 aromatic heterocycles. The van der Waals surface area contributed by atoms with Crippen LogP contribution in [0, 0.1) is 0 Å². The Balaban J connectivity index is 1.85. The summed E-state index contributed by atoms with van der Waals surface area (Å²) in [7, 11) is 0. The molecule has 2 bridgehead atoms. The predicted molar refractivity (Wildman–Crippen MR) is 58.1 cm³/mol. The quantitative estimate of drug-likeness (QED) is 0.736. The lowest BCUT2D eigenvalue weighted by Crippen LogP contribution is -2.42. The summed E-state index contributed by atoms with van der Waals surface area (Å²) in [5.74, 6) is 0.530. The van der Waals surface area contributed by atoms with E-state index in [0.29, 0.717) is 23.2 Å². The van der Waals surface area contributed by atoms with Gasteiger partial charge in [0.05, 0.1) is 13.2 Å². The number of hydrogen-bond donors (Lipinski definition) is 1. The molecule has 80 valence electrons. The van der Waals surface area contributed by atoms with Crippen LogP contribution < -0.4 is 5.32 Å². The van der Waals surface area contributed by atoms with E-state index in [0.717, 1.165) is 19.6 Å². The Hall–Kier alpha value is -0.640. The molecule has 1 N–H and O–H groups in total. The SMILES string of the molecule is Clc1ccc(C2CC3COCC2N3)cn1. The van der Waals surface area contributed by atoms with Crippen LogP contribution in [0.25, 0.3) is 0 Å². The largest absolute Gasteiger partial charge is 0.378 e. The highest BCUT2D eigenvalue weighted by atomic mass is 35.5. The molecule has 3 atom stereocenters. The fourth-order valence-electron chi connectivity index (χ4n) is 2.55. The van der Waals surface area contributed by atoms with Gasteiger partial charge in [-0.25, -0.2) is 4.98 Å². The Morgan fingerprint density at radius 1 is 1.40 bits per heavy atom. The van der Waals surface area contributed by atoms with E-state index in [2.05, 4.69) is 16.4 Å². The van der Waals surface area contributed by atoms with E-state index in [1.54, 1.807) is 0 Å². The van der Waals surface area contributed by atoms with Crippen molar-refractivity contribution < 1.29 is 4.74 Å². The zero-order chi connectivity index (χ0) is 10.3. The average molecular weight is 225 g/mol. The van der Waals surface area contributed by atoms with Crippen molar-refractivity contribution in [2.24, 2.45) is 0 Å². The van der Waals surface area contributed by atoms with Crippen molar-refractivity contribution in [2.75, 3.05) is 13.2 Å². The highest BCUT2D eigenvalue weighted by Gasteiger charge is 2.37. The van der Waals surface area contributed by atoms with Crippen LogP contribution in [0.3, 0.4) is 0 Å². The fraction of sp³-hybridized carbons (Fsp3) is 0.545. The Bertz CT molecular complexity index is 354. The number of fused-ring (bicyclic) bond motifs is 2. The van der Waals surface area contributed by atoms with Crippen molar-refractivity contribution in [3.63, 3.8) is 0 Å². The molecule has 2 fully saturated rings. The molecule has 2 saturated heterocycles. The Morgan fingerprint density at radius 2 is 2.33 bits per heavy atom. The highest BCUT2D eigenvalue weighted by Crippen LogP contribution is 2.33. The van der Waals surface area contributed by atoms with Crippen molar-refractivity contribution in [1.82, 2.24) is 10.3 Å². The summed E-state index contributed by atoms with van der Waals surface area (Å²) >= 11 is 5.78. The highest BCUT2D eigenvalue weighted by molar-refractivity contribution is 6.29. The molecule has 3 rings (SSSR count). The van der Waals surface area contributed by atoms with E-state index in [1.165, 1.54) is 5.56 Å². The number of nitrogens with one attached hydrogen (secondary N) is 1. The van der Waals surface area contributed by atoms with Crippen molar-refractivity contribution >= 4 is 11.6 Å². The fourth-order valence-corrected chi connectivity index (χ4v) is 2.66. The maximum atomic E-state index is 5.78. The Kier molecular flexibility index (Phi) is 2.39. The predicted octanol–water partition coefficient (Wildman–Crippen LogP) is 1.58. The zero-order valence-electron chi connectivity index (χ0n) is 8.32. The molecule has 2 aliphatic heterocycles. The molecule has 15 heavy (non-hydrogen) atoms. The minimum Gasteiger partial charge on any atom is -0.378 e. The van der Waals surface area contributed by atoms with Gasteiger partial charge < -0.3 is 10.1 Å². The van der Waals surface area contributed by atoms with E-state index < -0.39 is 0 Å². The van der Waals surface area contributed by atoms with E-state index >= 15 is 0 Å². The van der Waals surface area contributed by atoms with Gasteiger partial charge in [-0.05, 0) is 18.1 Å². The van der Waals surface area contributed by atoms with Gasteiger partial charge in [0.15, 0.2) is 0 Å². The first-order valence-corrected chi connectivity index (χ1v) is 5.66. The van der Waals surface area contributed by atoms with E-state index in [4.69, 9.17) is 16.3 Å². The summed E-state index contributed by atoms with van der Waals surface area (Å²) in [6.45, 7) is 1.65. The monoisotopic (exact) mass is 224 g/mol. The lowest BCUT2D eigenvalue weighted by atomic mass is 9.93. The second kappa shape index (κ2) is 3.74. The number of ether oxygens (including phenoxy) is 1. The number of rotatable bonds is 1. The van der Waals surface area contributed by atoms with Gasteiger partial charge >= 0.3 is 0 Å². The average Bonchev–Trinajstić information content (AvgIpc) is 2.55. The summed E-state index contributed by atoms with van der Waals surface area (Å²) in [6.07, 6.45) is 3.03. The smallest absolute Gasteiger partial charge is 0.129 e. The number of aromatic nitrogens is 1. The molecule has 0 amide bonds. The molecule has 0 aromatic carbocycles. The normalized spacial score (nSPS) is 34.3. The van der Waals surface area contributed by atoms with Crippen LogP contribution in [0.5, 0.6) is 0 Å². The number of nitrogens with zero attached hydrogens (tertiary/aromatic N) is 1. The van der Waals surface area contributed by atoms with Crippen LogP contribution in [0.1, 0.15) is 17.9 Å². The van der Waals surface area contributed by atoms with Crippen LogP contribution in [0.4, 0.5) is 0 Å². The molecule has 0 saturated carbocycles. The first kappa shape index (κ1) is 9.58. The Labute approximate surface area is 93.8 Å². The van der Waals surface area contributed by atoms with E-state index in [-0.39, 0.29) is 0 Å². The molecule has 2 aliphatic rings. The van der Waals surface area contributed by atoms with Crippen molar-refractivity contribution in [2.45, 2.75) is 24.4 Å². The van der Waals surface area contributed by atoms with Gasteiger partial charge in [0.1, 0.15) is 5.15 Å². The third-order valence-electron chi connectivity index (χ3n) is 3.27. The van der Waals surface area contributed by atoms with Crippen LogP contribution in [0.2, 0.25) is 5.15 Å². The van der Waals surface area contributed by atoms with Gasteiger partial charge in [0, 0.05) is 24.2 Å². The van der Waals surface area contributed by atoms with Crippen LogP contribution in [-0.4, -0.2) is 30.3 Å². The maximum absolute atomic E-state index is 5.78. The third-order valence-corrected chi connectivity index (χ3v) is 3.49. The number of pyridine rings is 1. The van der Waals surface area contributed by atoms with Crippen molar-refractivity contribution in [3.05, 3.63) is 29.0 Å². The molecule has 0 radical (unpaired) electrons. The minimum atomic E-state index is 0.451. The summed E-state index contributed by atoms with van der Waals surface area (Å²) < 4.78 is 5.52. The second-order valence-electron chi connectivity index (χ2n) is 4.26. The number of morpholine rings is 1. The minimum absolute atomic E-state index is 0.451. The Morgan fingerprint density at radius 3 is 3.07 bits per heavy atom. The number of halogens is 1. The molecular formula is C11H13ClN2O. The molecular weight excluding hydrogens is 212 g/mol. The summed E-state index contributed by atoms with van der Waals surface area (Å²) in [4.78, 5) is 4.13. The summed E-state index contributed by atoms with van der Waals surface area (Å²) in [6, 6.07) is 4.90. The summed E-state index contributed by atoms with van der Waals surface area (Å²) in [5, 5.41) is 4.13. The van der Waals surface area contributed by atoms with E-state index in [9.17, 15) is 0 Å². The topological polar surface area (TPSA) is 34.1 Å². The maximum Gasteiger partial charge on any atom is 0.129 e. The second-order valence-corrected chi connectivity index (χ2v) is 4.65.